The Balaban J connectivity index is 1.89. The quantitative estimate of drug-likeness (QED) is 0.835. The van der Waals surface area contributed by atoms with Crippen LogP contribution in [-0.4, -0.2) is 55.5 Å². The molecule has 2 rings (SSSR count). The van der Waals surface area contributed by atoms with E-state index >= 15 is 0 Å². The number of thiophene rings is 1. The lowest BCUT2D eigenvalue weighted by atomic mass is 10.2. The molecule has 7 heteroatoms. The van der Waals surface area contributed by atoms with E-state index in [0.717, 1.165) is 4.88 Å². The second kappa shape index (κ2) is 6.24. The van der Waals surface area contributed by atoms with Gasteiger partial charge < -0.3 is 4.90 Å². The highest BCUT2D eigenvalue weighted by atomic mass is 32.2. The average Bonchev–Trinajstić information content (AvgIpc) is 2.84. The van der Waals surface area contributed by atoms with E-state index < -0.39 is 10.0 Å². The van der Waals surface area contributed by atoms with Gasteiger partial charge in [-0.15, -0.1) is 11.3 Å². The van der Waals surface area contributed by atoms with Crippen LogP contribution in [0, 0.1) is 6.92 Å². The van der Waals surface area contributed by atoms with E-state index in [2.05, 4.69) is 0 Å². The number of rotatable bonds is 4. The molecule has 1 aliphatic heterocycles. The van der Waals surface area contributed by atoms with Gasteiger partial charge in [0.25, 0.3) is 0 Å². The summed E-state index contributed by atoms with van der Waals surface area (Å²) < 4.78 is 25.0. The van der Waals surface area contributed by atoms with Crippen LogP contribution in [0.25, 0.3) is 0 Å². The number of amides is 1. The van der Waals surface area contributed by atoms with E-state index in [4.69, 9.17) is 0 Å². The molecule has 112 valence electrons. The molecule has 0 radical (unpaired) electrons. The second-order valence-electron chi connectivity index (χ2n) is 4.87. The first kappa shape index (κ1) is 15.5. The molecule has 20 heavy (non-hydrogen) atoms. The Bertz CT molecular complexity index is 572. The van der Waals surface area contributed by atoms with Crippen LogP contribution in [0.1, 0.15) is 16.7 Å². The standard InChI is InChI=1S/C13H20N2O3S2/c1-3-20(17,18)15-8-6-14(7-9-15)13(16)10-12-5-4-11(2)19-12/h4-5H,3,6-10H2,1-2H3. The Labute approximate surface area is 124 Å². The van der Waals surface area contributed by atoms with Gasteiger partial charge in [0, 0.05) is 35.9 Å². The molecule has 0 aliphatic carbocycles. The maximum Gasteiger partial charge on any atom is 0.227 e. The van der Waals surface area contributed by atoms with E-state index in [1.165, 1.54) is 9.18 Å². The van der Waals surface area contributed by atoms with Crippen molar-refractivity contribution < 1.29 is 13.2 Å². The number of piperazine rings is 1. The molecule has 1 aromatic heterocycles. The highest BCUT2D eigenvalue weighted by Gasteiger charge is 2.27. The molecule has 0 bridgehead atoms. The van der Waals surface area contributed by atoms with Gasteiger partial charge in [0.15, 0.2) is 0 Å². The zero-order valence-electron chi connectivity index (χ0n) is 11.8. The first-order valence-electron chi connectivity index (χ1n) is 6.73. The molecule has 1 fully saturated rings. The third-order valence-electron chi connectivity index (χ3n) is 3.47. The predicted molar refractivity (Wildman–Crippen MR) is 80.4 cm³/mol. The van der Waals surface area contributed by atoms with Crippen molar-refractivity contribution in [3.05, 3.63) is 21.9 Å². The fraction of sp³-hybridized carbons (Fsp3) is 0.615. The monoisotopic (exact) mass is 316 g/mol. The van der Waals surface area contributed by atoms with Gasteiger partial charge in [0.2, 0.25) is 15.9 Å². The van der Waals surface area contributed by atoms with E-state index in [9.17, 15) is 13.2 Å². The average molecular weight is 316 g/mol. The molecule has 0 aromatic carbocycles. The van der Waals surface area contributed by atoms with Crippen LogP contribution in [0.5, 0.6) is 0 Å². The van der Waals surface area contributed by atoms with Crippen molar-refractivity contribution in [2.75, 3.05) is 31.9 Å². The maximum atomic E-state index is 12.2. The molecule has 5 nitrogen and oxygen atoms in total. The van der Waals surface area contributed by atoms with Gasteiger partial charge in [0.05, 0.1) is 12.2 Å². The summed E-state index contributed by atoms with van der Waals surface area (Å²) in [5.74, 6) is 0.204. The Hall–Kier alpha value is -0.920. The summed E-state index contributed by atoms with van der Waals surface area (Å²) in [4.78, 5) is 16.2. The largest absolute Gasteiger partial charge is 0.340 e. The summed E-state index contributed by atoms with van der Waals surface area (Å²) in [6.07, 6.45) is 0.416. The summed E-state index contributed by atoms with van der Waals surface area (Å²) in [6, 6.07) is 3.99. The summed E-state index contributed by atoms with van der Waals surface area (Å²) in [7, 11) is -3.13. The first-order valence-corrected chi connectivity index (χ1v) is 9.16. The minimum Gasteiger partial charge on any atom is -0.340 e. The summed E-state index contributed by atoms with van der Waals surface area (Å²) >= 11 is 1.63. The molecule has 0 atom stereocenters. The van der Waals surface area contributed by atoms with Gasteiger partial charge in [-0.3, -0.25) is 4.79 Å². The van der Waals surface area contributed by atoms with Crippen LogP contribution in [0.2, 0.25) is 0 Å². The van der Waals surface area contributed by atoms with Gasteiger partial charge in [-0.25, -0.2) is 8.42 Å². The fourth-order valence-electron chi connectivity index (χ4n) is 2.24. The Morgan fingerprint density at radius 3 is 2.40 bits per heavy atom. The van der Waals surface area contributed by atoms with Crippen molar-refractivity contribution in [1.82, 2.24) is 9.21 Å². The highest BCUT2D eigenvalue weighted by molar-refractivity contribution is 7.89. The highest BCUT2D eigenvalue weighted by Crippen LogP contribution is 2.17. The summed E-state index contributed by atoms with van der Waals surface area (Å²) in [6.45, 7) is 5.46. The number of aryl methyl sites for hydroxylation is 1. The number of carbonyl (C=O) groups excluding carboxylic acids is 1. The topological polar surface area (TPSA) is 57.7 Å². The molecule has 0 saturated carbocycles. The van der Waals surface area contributed by atoms with Crippen molar-refractivity contribution >= 4 is 27.3 Å². The van der Waals surface area contributed by atoms with E-state index in [0.29, 0.717) is 32.6 Å². The fourth-order valence-corrected chi connectivity index (χ4v) is 4.21. The lowest BCUT2D eigenvalue weighted by molar-refractivity contribution is -0.131. The maximum absolute atomic E-state index is 12.2. The third-order valence-corrected chi connectivity index (χ3v) is 6.35. The Morgan fingerprint density at radius 1 is 1.25 bits per heavy atom. The van der Waals surface area contributed by atoms with Crippen LogP contribution in [0.3, 0.4) is 0 Å². The van der Waals surface area contributed by atoms with Crippen molar-refractivity contribution in [3.8, 4) is 0 Å². The van der Waals surface area contributed by atoms with Crippen molar-refractivity contribution in [1.29, 1.82) is 0 Å². The number of hydrogen-bond acceptors (Lipinski definition) is 4. The zero-order valence-corrected chi connectivity index (χ0v) is 13.5. The number of carbonyl (C=O) groups is 1. The number of nitrogens with zero attached hydrogens (tertiary/aromatic N) is 2. The molecule has 0 spiro atoms. The van der Waals surface area contributed by atoms with Crippen LogP contribution in [-0.2, 0) is 21.2 Å². The van der Waals surface area contributed by atoms with Crippen molar-refractivity contribution in [3.63, 3.8) is 0 Å². The lowest BCUT2D eigenvalue weighted by Gasteiger charge is -2.33. The number of hydrogen-bond donors (Lipinski definition) is 0. The van der Waals surface area contributed by atoms with Gasteiger partial charge in [-0.2, -0.15) is 4.31 Å². The zero-order chi connectivity index (χ0) is 14.8. The molecule has 0 N–H and O–H groups in total. The van der Waals surface area contributed by atoms with E-state index in [1.807, 2.05) is 19.1 Å². The van der Waals surface area contributed by atoms with Gasteiger partial charge in [-0.05, 0) is 26.0 Å². The molecule has 2 heterocycles. The molecule has 0 unspecified atom stereocenters. The van der Waals surface area contributed by atoms with Crippen molar-refractivity contribution in [2.24, 2.45) is 0 Å². The minimum absolute atomic E-state index is 0.0837. The summed E-state index contributed by atoms with van der Waals surface area (Å²) in [5, 5.41) is 0. The second-order valence-corrected chi connectivity index (χ2v) is 8.50. The Kier molecular flexibility index (Phi) is 4.82. The molecule has 1 aliphatic rings. The summed E-state index contributed by atoms with van der Waals surface area (Å²) in [5.41, 5.74) is 0. The van der Waals surface area contributed by atoms with Gasteiger partial charge >= 0.3 is 0 Å². The van der Waals surface area contributed by atoms with Crippen LogP contribution >= 0.6 is 11.3 Å². The molecule has 1 saturated heterocycles. The van der Waals surface area contributed by atoms with Gasteiger partial charge in [-0.1, -0.05) is 0 Å². The smallest absolute Gasteiger partial charge is 0.227 e. The van der Waals surface area contributed by atoms with Crippen molar-refractivity contribution in [2.45, 2.75) is 20.3 Å². The minimum atomic E-state index is -3.13. The van der Waals surface area contributed by atoms with E-state index in [1.54, 1.807) is 23.2 Å². The molecular formula is C13H20N2O3S2. The number of sulfonamides is 1. The van der Waals surface area contributed by atoms with E-state index in [-0.39, 0.29) is 11.7 Å². The van der Waals surface area contributed by atoms with Crippen LogP contribution < -0.4 is 0 Å². The SMILES string of the molecule is CCS(=O)(=O)N1CCN(C(=O)Cc2ccc(C)s2)CC1. The van der Waals surface area contributed by atoms with Gasteiger partial charge in [0.1, 0.15) is 0 Å². The Morgan fingerprint density at radius 2 is 1.90 bits per heavy atom. The lowest BCUT2D eigenvalue weighted by Crippen LogP contribution is -2.51. The molecular weight excluding hydrogens is 296 g/mol. The molecule has 1 amide bonds. The van der Waals surface area contributed by atoms with Crippen LogP contribution in [0.4, 0.5) is 0 Å². The third kappa shape index (κ3) is 3.59. The predicted octanol–water partition coefficient (Wildman–Crippen LogP) is 1.09. The molecule has 1 aromatic rings. The first-order chi connectivity index (χ1) is 9.42. The van der Waals surface area contributed by atoms with Crippen LogP contribution in [0.15, 0.2) is 12.1 Å². The normalized spacial score (nSPS) is 17.4.